The Hall–Kier alpha value is -3.08. The summed E-state index contributed by atoms with van der Waals surface area (Å²) >= 11 is 5.53. The van der Waals surface area contributed by atoms with Gasteiger partial charge in [0.25, 0.3) is 0 Å². The van der Waals surface area contributed by atoms with Crippen LogP contribution in [0, 0.1) is 5.82 Å². The molecule has 1 aromatic heterocycles. The van der Waals surface area contributed by atoms with Crippen LogP contribution in [0.15, 0.2) is 48.8 Å². The van der Waals surface area contributed by atoms with Crippen molar-refractivity contribution in [1.82, 2.24) is 9.97 Å². The van der Waals surface area contributed by atoms with Gasteiger partial charge in [0.1, 0.15) is 23.6 Å². The number of alkyl halides is 6. The Morgan fingerprint density at radius 3 is 1.73 bits per heavy atom. The van der Waals surface area contributed by atoms with Gasteiger partial charge in [-0.3, -0.25) is 0 Å². The van der Waals surface area contributed by atoms with Gasteiger partial charge < -0.3 is 9.47 Å². The highest BCUT2D eigenvalue weighted by Gasteiger charge is 2.35. The number of halogens is 8. The zero-order valence-electron chi connectivity index (χ0n) is 14.4. The average Bonchev–Trinajstić information content (AvgIpc) is 2.63. The molecular formula is C18H8ClF7N2O2. The monoisotopic (exact) mass is 452 g/mol. The second-order valence-corrected chi connectivity index (χ2v) is 6.08. The van der Waals surface area contributed by atoms with Crippen molar-refractivity contribution in [2.45, 2.75) is 12.4 Å². The molecular weight excluding hydrogens is 445 g/mol. The minimum absolute atomic E-state index is 0.252. The van der Waals surface area contributed by atoms with E-state index in [0.29, 0.717) is 18.2 Å². The van der Waals surface area contributed by atoms with Crippen LogP contribution < -0.4 is 9.47 Å². The maximum Gasteiger partial charge on any atom is 0.419 e. The highest BCUT2D eigenvalue weighted by atomic mass is 35.5. The van der Waals surface area contributed by atoms with E-state index in [1.165, 1.54) is 0 Å². The van der Waals surface area contributed by atoms with Crippen molar-refractivity contribution in [3.8, 4) is 23.3 Å². The molecule has 0 saturated heterocycles. The second kappa shape index (κ2) is 7.98. The number of hydrogen-bond donors (Lipinski definition) is 0. The predicted molar refractivity (Wildman–Crippen MR) is 90.0 cm³/mol. The van der Waals surface area contributed by atoms with E-state index in [9.17, 15) is 30.7 Å². The Labute approximate surface area is 168 Å². The molecule has 0 aliphatic rings. The van der Waals surface area contributed by atoms with Gasteiger partial charge >= 0.3 is 12.4 Å². The fourth-order valence-corrected chi connectivity index (χ4v) is 2.47. The first-order valence-electron chi connectivity index (χ1n) is 7.85. The summed E-state index contributed by atoms with van der Waals surface area (Å²) in [5.41, 5.74) is -2.66. The topological polar surface area (TPSA) is 44.2 Å². The molecule has 0 radical (unpaired) electrons. The molecule has 0 aliphatic carbocycles. The lowest BCUT2D eigenvalue weighted by atomic mass is 10.2. The lowest BCUT2D eigenvalue weighted by molar-refractivity contribution is -0.140. The fourth-order valence-electron chi connectivity index (χ4n) is 2.25. The molecule has 4 nitrogen and oxygen atoms in total. The van der Waals surface area contributed by atoms with Crippen LogP contribution in [0.3, 0.4) is 0 Å². The van der Waals surface area contributed by atoms with Crippen LogP contribution in [0.2, 0.25) is 5.02 Å². The first-order valence-corrected chi connectivity index (χ1v) is 8.22. The number of rotatable bonds is 4. The van der Waals surface area contributed by atoms with Crippen LogP contribution in [0.25, 0.3) is 0 Å². The van der Waals surface area contributed by atoms with Gasteiger partial charge in [-0.25, -0.2) is 14.4 Å². The number of nitrogens with zero attached hydrogens (tertiary/aromatic N) is 2. The SMILES string of the molecule is Fc1ccc(Oc2cc(Oc3ccc(Cl)c(C(F)(F)F)c3)ncn2)cc1C(F)(F)F. The molecule has 2 aromatic carbocycles. The van der Waals surface area contributed by atoms with E-state index in [4.69, 9.17) is 21.1 Å². The Morgan fingerprint density at radius 2 is 1.20 bits per heavy atom. The normalized spacial score (nSPS) is 12.0. The molecule has 0 amide bonds. The molecule has 0 unspecified atom stereocenters. The van der Waals surface area contributed by atoms with Gasteiger partial charge in [0, 0.05) is 0 Å². The third-order valence-corrected chi connectivity index (χ3v) is 3.88. The summed E-state index contributed by atoms with van der Waals surface area (Å²) in [6, 6.07) is 5.78. The fraction of sp³-hybridized carbons (Fsp3) is 0.111. The molecule has 3 aromatic rings. The first kappa shape index (κ1) is 21.6. The van der Waals surface area contributed by atoms with Crippen LogP contribution in [-0.4, -0.2) is 9.97 Å². The molecule has 0 aliphatic heterocycles. The molecule has 158 valence electrons. The van der Waals surface area contributed by atoms with Gasteiger partial charge in [0.15, 0.2) is 0 Å². The Morgan fingerprint density at radius 1 is 0.700 bits per heavy atom. The number of ether oxygens (including phenoxy) is 2. The summed E-state index contributed by atoms with van der Waals surface area (Å²) in [4.78, 5) is 7.37. The summed E-state index contributed by atoms with van der Waals surface area (Å²) in [6.45, 7) is 0. The quantitative estimate of drug-likeness (QED) is 0.404. The minimum atomic E-state index is -4.94. The van der Waals surface area contributed by atoms with E-state index < -0.39 is 34.3 Å². The molecule has 30 heavy (non-hydrogen) atoms. The Balaban J connectivity index is 1.83. The first-order chi connectivity index (χ1) is 13.9. The molecule has 1 heterocycles. The van der Waals surface area contributed by atoms with Crippen molar-refractivity contribution >= 4 is 11.6 Å². The van der Waals surface area contributed by atoms with E-state index in [-0.39, 0.29) is 23.3 Å². The molecule has 0 bridgehead atoms. The van der Waals surface area contributed by atoms with Crippen molar-refractivity contribution in [2.75, 3.05) is 0 Å². The van der Waals surface area contributed by atoms with Crippen molar-refractivity contribution in [1.29, 1.82) is 0 Å². The van der Waals surface area contributed by atoms with Gasteiger partial charge in [0.05, 0.1) is 22.2 Å². The van der Waals surface area contributed by atoms with Crippen LogP contribution >= 0.6 is 11.6 Å². The standard InChI is InChI=1S/C18H8ClF7N2O2/c19-13-3-1-9(5-11(13)17(21,22)23)29-15-7-16(28-8-27-15)30-10-2-4-14(20)12(6-10)18(24,25)26/h1-8H. The molecule has 0 atom stereocenters. The summed E-state index contributed by atoms with van der Waals surface area (Å²) in [7, 11) is 0. The van der Waals surface area contributed by atoms with Gasteiger partial charge in [-0.2, -0.15) is 26.3 Å². The zero-order valence-corrected chi connectivity index (χ0v) is 15.1. The van der Waals surface area contributed by atoms with E-state index in [1.807, 2.05) is 0 Å². The largest absolute Gasteiger partial charge is 0.439 e. The summed E-state index contributed by atoms with van der Waals surface area (Å²) in [5, 5.41) is -0.529. The van der Waals surface area contributed by atoms with Crippen molar-refractivity contribution in [3.63, 3.8) is 0 Å². The maximum atomic E-state index is 13.3. The van der Waals surface area contributed by atoms with E-state index >= 15 is 0 Å². The van der Waals surface area contributed by atoms with E-state index in [1.54, 1.807) is 0 Å². The van der Waals surface area contributed by atoms with Gasteiger partial charge in [-0.1, -0.05) is 11.6 Å². The lowest BCUT2D eigenvalue weighted by Crippen LogP contribution is -2.08. The van der Waals surface area contributed by atoms with Crippen LogP contribution in [0.5, 0.6) is 23.3 Å². The van der Waals surface area contributed by atoms with Crippen molar-refractivity contribution in [2.24, 2.45) is 0 Å². The number of hydrogen-bond acceptors (Lipinski definition) is 4. The lowest BCUT2D eigenvalue weighted by Gasteiger charge is -2.12. The van der Waals surface area contributed by atoms with Crippen molar-refractivity contribution in [3.05, 3.63) is 70.8 Å². The molecule has 12 heteroatoms. The number of benzene rings is 2. The van der Waals surface area contributed by atoms with Gasteiger partial charge in [0.2, 0.25) is 11.8 Å². The smallest absolute Gasteiger partial charge is 0.419 e. The molecule has 0 spiro atoms. The minimum Gasteiger partial charge on any atom is -0.439 e. The van der Waals surface area contributed by atoms with Crippen LogP contribution in [0.1, 0.15) is 11.1 Å². The highest BCUT2D eigenvalue weighted by Crippen LogP contribution is 2.38. The van der Waals surface area contributed by atoms with Crippen molar-refractivity contribution < 1.29 is 40.2 Å². The van der Waals surface area contributed by atoms with E-state index in [0.717, 1.165) is 30.6 Å². The Bertz CT molecular complexity index is 990. The maximum absolute atomic E-state index is 13.3. The van der Waals surface area contributed by atoms with Gasteiger partial charge in [-0.05, 0) is 36.4 Å². The van der Waals surface area contributed by atoms with Crippen LogP contribution in [-0.2, 0) is 12.4 Å². The predicted octanol–water partition coefficient (Wildman–Crippen LogP) is 6.89. The molecule has 0 fully saturated rings. The molecule has 3 rings (SSSR count). The zero-order chi connectivity index (χ0) is 22.1. The van der Waals surface area contributed by atoms with Gasteiger partial charge in [-0.15, -0.1) is 0 Å². The third kappa shape index (κ3) is 5.09. The van der Waals surface area contributed by atoms with E-state index in [2.05, 4.69) is 9.97 Å². The second-order valence-electron chi connectivity index (χ2n) is 5.68. The highest BCUT2D eigenvalue weighted by molar-refractivity contribution is 6.31. The third-order valence-electron chi connectivity index (χ3n) is 3.55. The summed E-state index contributed by atoms with van der Waals surface area (Å²) in [6.07, 6.45) is -8.73. The molecule has 0 N–H and O–H groups in total. The molecule has 0 saturated carbocycles. The Kier molecular flexibility index (Phi) is 5.75. The summed E-state index contributed by atoms with van der Waals surface area (Å²) in [5.74, 6) is -2.65. The average molecular weight is 453 g/mol. The summed E-state index contributed by atoms with van der Waals surface area (Å²) < 4.78 is 101. The van der Waals surface area contributed by atoms with Crippen LogP contribution in [0.4, 0.5) is 30.7 Å². The number of aromatic nitrogens is 2.